The standard InChI is InChI=1S/C6H13NO3/c1-2-10-4-3-5(7)6(8)9/h5H,2-4,7H2,1H3,(H,8,9)/t5-/m0/s1. The zero-order valence-corrected chi connectivity index (χ0v) is 6.04. The van der Waals surface area contributed by atoms with Crippen molar-refractivity contribution in [1.82, 2.24) is 0 Å². The summed E-state index contributed by atoms with van der Waals surface area (Å²) in [5, 5.41) is 8.30. The van der Waals surface area contributed by atoms with Crippen molar-refractivity contribution in [2.45, 2.75) is 19.4 Å². The molecule has 0 unspecified atom stereocenters. The number of rotatable bonds is 5. The van der Waals surface area contributed by atoms with E-state index in [2.05, 4.69) is 0 Å². The first kappa shape index (κ1) is 9.39. The van der Waals surface area contributed by atoms with E-state index < -0.39 is 12.0 Å². The van der Waals surface area contributed by atoms with E-state index in [1.807, 2.05) is 6.92 Å². The van der Waals surface area contributed by atoms with Crippen LogP contribution in [-0.4, -0.2) is 30.3 Å². The van der Waals surface area contributed by atoms with E-state index in [1.165, 1.54) is 0 Å². The molecule has 0 aromatic carbocycles. The molecule has 0 radical (unpaired) electrons. The highest BCUT2D eigenvalue weighted by Crippen LogP contribution is 1.88. The van der Waals surface area contributed by atoms with Crippen LogP contribution in [0, 0.1) is 0 Å². The van der Waals surface area contributed by atoms with Crippen LogP contribution in [0.4, 0.5) is 0 Å². The fourth-order valence-electron chi connectivity index (χ4n) is 0.478. The van der Waals surface area contributed by atoms with Crippen molar-refractivity contribution < 1.29 is 14.6 Å². The van der Waals surface area contributed by atoms with E-state index in [0.717, 1.165) is 0 Å². The maximum absolute atomic E-state index is 10.1. The number of hydrogen-bond donors (Lipinski definition) is 2. The lowest BCUT2D eigenvalue weighted by Gasteiger charge is -2.04. The van der Waals surface area contributed by atoms with Crippen LogP contribution >= 0.6 is 0 Å². The lowest BCUT2D eigenvalue weighted by atomic mass is 10.2. The zero-order valence-electron chi connectivity index (χ0n) is 6.04. The van der Waals surface area contributed by atoms with Crippen LogP contribution in [0.2, 0.25) is 0 Å². The van der Waals surface area contributed by atoms with Crippen molar-refractivity contribution in [1.29, 1.82) is 0 Å². The minimum absolute atomic E-state index is 0.378. The van der Waals surface area contributed by atoms with Gasteiger partial charge in [0.15, 0.2) is 0 Å². The molecule has 4 heteroatoms. The van der Waals surface area contributed by atoms with Crippen molar-refractivity contribution in [2.75, 3.05) is 13.2 Å². The summed E-state index contributed by atoms with van der Waals surface area (Å²) in [5.74, 6) is -0.972. The Morgan fingerprint density at radius 1 is 1.80 bits per heavy atom. The minimum atomic E-state index is -0.972. The molecule has 0 aliphatic heterocycles. The average Bonchev–Trinajstić information content (AvgIpc) is 1.88. The molecule has 0 rings (SSSR count). The SMILES string of the molecule is CCOCC[C@H](N)C(=O)O. The normalized spacial score (nSPS) is 13.0. The maximum Gasteiger partial charge on any atom is 0.320 e. The van der Waals surface area contributed by atoms with E-state index >= 15 is 0 Å². The molecule has 0 aliphatic carbocycles. The van der Waals surface area contributed by atoms with Gasteiger partial charge < -0.3 is 15.6 Å². The van der Waals surface area contributed by atoms with E-state index in [1.54, 1.807) is 0 Å². The van der Waals surface area contributed by atoms with Crippen molar-refractivity contribution in [3.63, 3.8) is 0 Å². The molecule has 1 atom stereocenters. The van der Waals surface area contributed by atoms with Crippen molar-refractivity contribution in [3.05, 3.63) is 0 Å². The molecule has 0 saturated carbocycles. The second-order valence-corrected chi connectivity index (χ2v) is 1.93. The summed E-state index contributed by atoms with van der Waals surface area (Å²) in [4.78, 5) is 10.1. The van der Waals surface area contributed by atoms with Gasteiger partial charge in [0.25, 0.3) is 0 Å². The largest absolute Gasteiger partial charge is 0.480 e. The Balaban J connectivity index is 3.21. The highest BCUT2D eigenvalue weighted by Gasteiger charge is 2.09. The third kappa shape index (κ3) is 4.29. The topological polar surface area (TPSA) is 72.5 Å². The van der Waals surface area contributed by atoms with Gasteiger partial charge in [0.2, 0.25) is 0 Å². The molecule has 0 heterocycles. The lowest BCUT2D eigenvalue weighted by Crippen LogP contribution is -2.31. The van der Waals surface area contributed by atoms with Gasteiger partial charge in [-0.3, -0.25) is 4.79 Å². The quantitative estimate of drug-likeness (QED) is 0.529. The zero-order chi connectivity index (χ0) is 7.98. The third-order valence-electron chi connectivity index (χ3n) is 1.09. The van der Waals surface area contributed by atoms with Gasteiger partial charge in [0.05, 0.1) is 0 Å². The molecule has 0 aliphatic rings. The third-order valence-corrected chi connectivity index (χ3v) is 1.09. The maximum atomic E-state index is 10.1. The van der Waals surface area contributed by atoms with E-state index in [4.69, 9.17) is 15.6 Å². The Labute approximate surface area is 60.0 Å². The molecular weight excluding hydrogens is 134 g/mol. The number of hydrogen-bond acceptors (Lipinski definition) is 3. The molecule has 0 bridgehead atoms. The van der Waals surface area contributed by atoms with Gasteiger partial charge in [0, 0.05) is 13.2 Å². The molecular formula is C6H13NO3. The molecule has 0 fully saturated rings. The summed E-state index contributed by atoms with van der Waals surface area (Å²) >= 11 is 0. The number of carbonyl (C=O) groups is 1. The summed E-state index contributed by atoms with van der Waals surface area (Å²) in [7, 11) is 0. The van der Waals surface area contributed by atoms with Crippen LogP contribution in [0.25, 0.3) is 0 Å². The molecule has 0 saturated heterocycles. The average molecular weight is 147 g/mol. The Morgan fingerprint density at radius 2 is 2.40 bits per heavy atom. The first-order chi connectivity index (χ1) is 4.68. The lowest BCUT2D eigenvalue weighted by molar-refractivity contribution is -0.139. The predicted molar refractivity (Wildman–Crippen MR) is 36.7 cm³/mol. The Hall–Kier alpha value is -0.610. The van der Waals surface area contributed by atoms with Crippen molar-refractivity contribution in [2.24, 2.45) is 5.73 Å². The molecule has 0 amide bonds. The van der Waals surface area contributed by atoms with E-state index in [-0.39, 0.29) is 0 Å². The van der Waals surface area contributed by atoms with Crippen LogP contribution in [-0.2, 0) is 9.53 Å². The summed E-state index contributed by atoms with van der Waals surface area (Å²) in [6, 6.07) is -0.786. The molecule has 0 aromatic rings. The van der Waals surface area contributed by atoms with Gasteiger partial charge in [-0.2, -0.15) is 0 Å². The fraction of sp³-hybridized carbons (Fsp3) is 0.833. The first-order valence-corrected chi connectivity index (χ1v) is 3.24. The Bertz CT molecular complexity index is 105. The van der Waals surface area contributed by atoms with Crippen molar-refractivity contribution in [3.8, 4) is 0 Å². The van der Waals surface area contributed by atoms with Crippen LogP contribution in [0.15, 0.2) is 0 Å². The first-order valence-electron chi connectivity index (χ1n) is 3.24. The molecule has 0 aromatic heterocycles. The van der Waals surface area contributed by atoms with Crippen LogP contribution in [0.3, 0.4) is 0 Å². The number of carboxylic acid groups (broad SMARTS) is 1. The van der Waals surface area contributed by atoms with Crippen molar-refractivity contribution >= 4 is 5.97 Å². The van der Waals surface area contributed by atoms with Gasteiger partial charge in [-0.25, -0.2) is 0 Å². The number of aliphatic carboxylic acids is 1. The van der Waals surface area contributed by atoms with E-state index in [0.29, 0.717) is 19.6 Å². The monoisotopic (exact) mass is 147 g/mol. The predicted octanol–water partition coefficient (Wildman–Crippen LogP) is -0.175. The van der Waals surface area contributed by atoms with Gasteiger partial charge >= 0.3 is 5.97 Å². The van der Waals surface area contributed by atoms with Gasteiger partial charge in [-0.1, -0.05) is 0 Å². The molecule has 0 spiro atoms. The Morgan fingerprint density at radius 3 is 2.80 bits per heavy atom. The molecule has 10 heavy (non-hydrogen) atoms. The van der Waals surface area contributed by atoms with Crippen LogP contribution < -0.4 is 5.73 Å². The van der Waals surface area contributed by atoms with Gasteiger partial charge in [0.1, 0.15) is 6.04 Å². The fourth-order valence-corrected chi connectivity index (χ4v) is 0.478. The smallest absolute Gasteiger partial charge is 0.320 e. The van der Waals surface area contributed by atoms with Gasteiger partial charge in [-0.15, -0.1) is 0 Å². The number of carboxylic acids is 1. The highest BCUT2D eigenvalue weighted by atomic mass is 16.5. The molecule has 3 N–H and O–H groups in total. The van der Waals surface area contributed by atoms with E-state index in [9.17, 15) is 4.79 Å². The summed E-state index contributed by atoms with van der Waals surface area (Å²) in [6.45, 7) is 2.88. The second kappa shape index (κ2) is 5.20. The summed E-state index contributed by atoms with van der Waals surface area (Å²) in [5.41, 5.74) is 5.18. The molecule has 4 nitrogen and oxygen atoms in total. The Kier molecular flexibility index (Phi) is 4.88. The van der Waals surface area contributed by atoms with Gasteiger partial charge in [-0.05, 0) is 13.3 Å². The van der Waals surface area contributed by atoms with Crippen LogP contribution in [0.5, 0.6) is 0 Å². The number of nitrogens with two attached hydrogens (primary N) is 1. The minimum Gasteiger partial charge on any atom is -0.480 e. The molecule has 60 valence electrons. The second-order valence-electron chi connectivity index (χ2n) is 1.93. The summed E-state index contributed by atoms with van der Waals surface area (Å²) < 4.78 is 4.91. The summed E-state index contributed by atoms with van der Waals surface area (Å²) in [6.07, 6.45) is 0.378. The number of ether oxygens (including phenoxy) is 1. The van der Waals surface area contributed by atoms with Crippen LogP contribution in [0.1, 0.15) is 13.3 Å². The highest BCUT2D eigenvalue weighted by molar-refractivity contribution is 5.72.